The molecular weight excluding hydrogens is 358 g/mol. The molecule has 1 fully saturated rings. The molecular formula is C13H20ClN5O2S2. The van der Waals surface area contributed by atoms with Gasteiger partial charge in [-0.05, 0) is 39.4 Å². The van der Waals surface area contributed by atoms with Crippen molar-refractivity contribution in [1.29, 1.82) is 0 Å². The lowest BCUT2D eigenvalue weighted by atomic mass is 10.2. The van der Waals surface area contributed by atoms with Crippen molar-refractivity contribution in [2.24, 2.45) is 5.10 Å². The van der Waals surface area contributed by atoms with Gasteiger partial charge in [-0.15, -0.1) is 0 Å². The first-order valence-corrected chi connectivity index (χ1v) is 9.85. The van der Waals surface area contributed by atoms with Crippen LogP contribution in [0.1, 0.15) is 37.6 Å². The molecule has 2 rings (SSSR count). The van der Waals surface area contributed by atoms with Crippen LogP contribution in [0.25, 0.3) is 0 Å². The van der Waals surface area contributed by atoms with Crippen molar-refractivity contribution in [3.63, 3.8) is 0 Å². The molecule has 1 aliphatic rings. The minimum atomic E-state index is -2.99. The second-order valence-electron chi connectivity index (χ2n) is 5.79. The molecule has 0 aromatic carbocycles. The summed E-state index contributed by atoms with van der Waals surface area (Å²) in [5.74, 6) is 0.248. The summed E-state index contributed by atoms with van der Waals surface area (Å²) in [7, 11) is -2.99. The largest absolute Gasteiger partial charge is 0.359 e. The molecule has 1 aromatic heterocycles. The minimum absolute atomic E-state index is 0.0745. The zero-order valence-corrected chi connectivity index (χ0v) is 15.6. The number of hydrazone groups is 1. The third-order valence-electron chi connectivity index (χ3n) is 3.40. The van der Waals surface area contributed by atoms with Gasteiger partial charge in [0.2, 0.25) is 0 Å². The van der Waals surface area contributed by atoms with Crippen molar-refractivity contribution in [2.45, 2.75) is 39.3 Å². The summed E-state index contributed by atoms with van der Waals surface area (Å²) < 4.78 is 24.8. The van der Waals surface area contributed by atoms with Crippen LogP contribution in [0.15, 0.2) is 5.10 Å². The predicted octanol–water partition coefficient (Wildman–Crippen LogP) is 1.41. The smallest absolute Gasteiger partial charge is 0.187 e. The number of thiocarbonyl (C=S) groups is 1. The van der Waals surface area contributed by atoms with Crippen molar-refractivity contribution >= 4 is 45.0 Å². The van der Waals surface area contributed by atoms with Gasteiger partial charge in [-0.25, -0.2) is 13.1 Å². The van der Waals surface area contributed by atoms with Crippen LogP contribution in [0.4, 0.5) is 0 Å². The monoisotopic (exact) mass is 377 g/mol. The molecule has 128 valence electrons. The molecule has 0 aliphatic carbocycles. The van der Waals surface area contributed by atoms with Crippen molar-refractivity contribution in [1.82, 2.24) is 20.5 Å². The number of aryl methyl sites for hydroxylation is 1. The van der Waals surface area contributed by atoms with Gasteiger partial charge in [-0.1, -0.05) is 11.6 Å². The van der Waals surface area contributed by atoms with E-state index in [-0.39, 0.29) is 23.6 Å². The summed E-state index contributed by atoms with van der Waals surface area (Å²) in [4.78, 5) is 0. The van der Waals surface area contributed by atoms with Crippen molar-refractivity contribution < 1.29 is 8.42 Å². The second kappa shape index (κ2) is 7.14. The first kappa shape index (κ1) is 18.2. The van der Waals surface area contributed by atoms with Crippen LogP contribution in [-0.4, -0.2) is 47.1 Å². The average molecular weight is 378 g/mol. The van der Waals surface area contributed by atoms with E-state index >= 15 is 0 Å². The topological polar surface area (TPSA) is 88.4 Å². The Morgan fingerprint density at radius 3 is 2.83 bits per heavy atom. The number of hydrogen-bond acceptors (Lipinski definition) is 5. The maximum Gasteiger partial charge on any atom is 0.187 e. The van der Waals surface area contributed by atoms with E-state index in [1.807, 2.05) is 13.8 Å². The Hall–Kier alpha value is -1.19. The van der Waals surface area contributed by atoms with Gasteiger partial charge in [0.05, 0.1) is 35.0 Å². The molecule has 2 N–H and O–H groups in total. The van der Waals surface area contributed by atoms with Crippen molar-refractivity contribution in [3.05, 3.63) is 16.4 Å². The zero-order valence-electron chi connectivity index (χ0n) is 13.2. The van der Waals surface area contributed by atoms with E-state index in [0.29, 0.717) is 27.9 Å². The zero-order chi connectivity index (χ0) is 17.2. The lowest BCUT2D eigenvalue weighted by Crippen LogP contribution is -2.36. The predicted molar refractivity (Wildman–Crippen MR) is 95.9 cm³/mol. The standard InChI is InChI=1S/C13H20ClN5O2S2/c1-8(2)16-13(22)17-15-6-11-9(3)18-19(12(11)14)10-4-5-23(20,21)7-10/h6,8,10H,4-5,7H2,1-3H3,(H2,16,17,22)/b15-6-/t10-/m0/s1. The number of rotatable bonds is 4. The number of nitrogens with one attached hydrogen (secondary N) is 2. The Morgan fingerprint density at radius 1 is 1.57 bits per heavy atom. The Balaban J connectivity index is 2.11. The molecule has 0 spiro atoms. The van der Waals surface area contributed by atoms with Gasteiger partial charge in [0.25, 0.3) is 0 Å². The van der Waals surface area contributed by atoms with Crippen LogP contribution in [0.3, 0.4) is 0 Å². The molecule has 1 saturated heterocycles. The summed E-state index contributed by atoms with van der Waals surface area (Å²) in [5, 5.41) is 12.2. The van der Waals surface area contributed by atoms with Crippen molar-refractivity contribution in [2.75, 3.05) is 11.5 Å². The molecule has 0 amide bonds. The summed E-state index contributed by atoms with van der Waals surface area (Å²) in [6, 6.07) is -0.00687. The highest BCUT2D eigenvalue weighted by Gasteiger charge is 2.31. The molecule has 1 aromatic rings. The molecule has 1 aliphatic heterocycles. The van der Waals surface area contributed by atoms with Gasteiger partial charge < -0.3 is 5.32 Å². The van der Waals surface area contributed by atoms with E-state index in [4.69, 9.17) is 23.8 Å². The SMILES string of the molecule is Cc1nn([C@H]2CCS(=O)(=O)C2)c(Cl)c1/C=N\NC(=S)NC(C)C. The lowest BCUT2D eigenvalue weighted by molar-refractivity contribution is 0.497. The van der Waals surface area contributed by atoms with Gasteiger partial charge in [-0.3, -0.25) is 5.43 Å². The summed E-state index contributed by atoms with van der Waals surface area (Å²) >= 11 is 11.4. The van der Waals surface area contributed by atoms with Crippen molar-refractivity contribution in [3.8, 4) is 0 Å². The normalized spacial score (nSPS) is 20.3. The summed E-state index contributed by atoms with van der Waals surface area (Å²) in [5.41, 5.74) is 4.04. The van der Waals surface area contributed by atoms with Crippen LogP contribution < -0.4 is 10.7 Å². The maximum atomic E-state index is 11.6. The van der Waals surface area contributed by atoms with E-state index in [1.54, 1.807) is 17.8 Å². The molecule has 23 heavy (non-hydrogen) atoms. The quantitative estimate of drug-likeness (QED) is 0.468. The minimum Gasteiger partial charge on any atom is -0.359 e. The second-order valence-corrected chi connectivity index (χ2v) is 8.78. The third kappa shape index (κ3) is 4.65. The summed E-state index contributed by atoms with van der Waals surface area (Å²) in [6.07, 6.45) is 2.07. The first-order chi connectivity index (χ1) is 10.7. The highest BCUT2D eigenvalue weighted by molar-refractivity contribution is 7.91. The van der Waals surface area contributed by atoms with E-state index in [9.17, 15) is 8.42 Å². The Labute approximate surface area is 146 Å². The third-order valence-corrected chi connectivity index (χ3v) is 5.74. The van der Waals surface area contributed by atoms with E-state index in [0.717, 1.165) is 0 Å². The van der Waals surface area contributed by atoms with Gasteiger partial charge in [0.1, 0.15) is 5.15 Å². The molecule has 0 radical (unpaired) electrons. The van der Waals surface area contributed by atoms with Crippen LogP contribution in [0, 0.1) is 6.92 Å². The number of nitrogens with zero attached hydrogens (tertiary/aromatic N) is 3. The number of aromatic nitrogens is 2. The number of halogens is 1. The number of sulfone groups is 1. The highest BCUT2D eigenvalue weighted by atomic mass is 35.5. The molecule has 10 heteroatoms. The van der Waals surface area contributed by atoms with Gasteiger partial charge >= 0.3 is 0 Å². The molecule has 1 atom stereocenters. The molecule has 0 saturated carbocycles. The van der Waals surface area contributed by atoms with Crippen LogP contribution in [0.2, 0.25) is 5.15 Å². The fourth-order valence-corrected chi connectivity index (χ4v) is 4.68. The molecule has 2 heterocycles. The highest BCUT2D eigenvalue weighted by Crippen LogP contribution is 2.29. The molecule has 7 nitrogen and oxygen atoms in total. The van der Waals surface area contributed by atoms with Gasteiger partial charge in [0.15, 0.2) is 14.9 Å². The van der Waals surface area contributed by atoms with Gasteiger partial charge in [0, 0.05) is 6.04 Å². The van der Waals surface area contributed by atoms with Crippen LogP contribution >= 0.6 is 23.8 Å². The van der Waals surface area contributed by atoms with E-state index in [2.05, 4.69) is 20.9 Å². The number of hydrogen-bond donors (Lipinski definition) is 2. The van der Waals surface area contributed by atoms with E-state index in [1.165, 1.54) is 0 Å². The van der Waals surface area contributed by atoms with Gasteiger partial charge in [-0.2, -0.15) is 10.2 Å². The molecule has 0 unspecified atom stereocenters. The Bertz CT molecular complexity index is 727. The van der Waals surface area contributed by atoms with E-state index < -0.39 is 9.84 Å². The summed E-state index contributed by atoms with van der Waals surface area (Å²) in [6.45, 7) is 5.74. The molecule has 0 bridgehead atoms. The fourth-order valence-electron chi connectivity index (χ4n) is 2.34. The Morgan fingerprint density at radius 2 is 2.26 bits per heavy atom. The van der Waals surface area contributed by atoms with Crippen LogP contribution in [-0.2, 0) is 9.84 Å². The lowest BCUT2D eigenvalue weighted by Gasteiger charge is -2.10. The average Bonchev–Trinajstić information content (AvgIpc) is 2.91. The maximum absolute atomic E-state index is 11.6. The van der Waals surface area contributed by atoms with Crippen LogP contribution in [0.5, 0.6) is 0 Å². The fraction of sp³-hybridized carbons (Fsp3) is 0.615. The first-order valence-electron chi connectivity index (χ1n) is 7.24. The Kier molecular flexibility index (Phi) is 5.64.